The van der Waals surface area contributed by atoms with Crippen LogP contribution in [0.4, 0.5) is 4.79 Å². The number of urea groups is 1. The van der Waals surface area contributed by atoms with Crippen LogP contribution in [0.5, 0.6) is 0 Å². The van der Waals surface area contributed by atoms with E-state index in [-0.39, 0.29) is 6.03 Å². The predicted molar refractivity (Wildman–Crippen MR) is 89.7 cm³/mol. The molecule has 1 aromatic carbocycles. The van der Waals surface area contributed by atoms with Crippen LogP contribution in [0.15, 0.2) is 48.7 Å². The van der Waals surface area contributed by atoms with Crippen LogP contribution in [0.3, 0.4) is 0 Å². The topological polar surface area (TPSA) is 54.5 Å². The second-order valence-electron chi connectivity index (χ2n) is 5.24. The van der Waals surface area contributed by atoms with Crippen molar-refractivity contribution >= 4 is 6.03 Å². The largest absolute Gasteiger partial charge is 0.377 e. The minimum Gasteiger partial charge on any atom is -0.377 e. The molecule has 23 heavy (non-hydrogen) atoms. The number of nitrogens with zero attached hydrogens (tertiary/aromatic N) is 2. The molecule has 0 spiro atoms. The number of hydrogen-bond acceptors (Lipinski definition) is 3. The van der Waals surface area contributed by atoms with Crippen LogP contribution in [0, 0.1) is 0 Å². The summed E-state index contributed by atoms with van der Waals surface area (Å²) in [4.78, 5) is 18.0. The summed E-state index contributed by atoms with van der Waals surface area (Å²) in [5, 5.41) is 2.94. The van der Waals surface area contributed by atoms with E-state index < -0.39 is 0 Å². The van der Waals surface area contributed by atoms with E-state index in [1.807, 2.05) is 49.4 Å². The van der Waals surface area contributed by atoms with E-state index in [9.17, 15) is 4.79 Å². The number of carbonyl (C=O) groups is 1. The highest BCUT2D eigenvalue weighted by molar-refractivity contribution is 5.73. The number of carbonyl (C=O) groups excluding carboxylic acids is 1. The van der Waals surface area contributed by atoms with Gasteiger partial charge in [-0.2, -0.15) is 0 Å². The Morgan fingerprint density at radius 3 is 2.61 bits per heavy atom. The van der Waals surface area contributed by atoms with Crippen molar-refractivity contribution in [1.29, 1.82) is 0 Å². The lowest BCUT2D eigenvalue weighted by molar-refractivity contribution is 0.133. The van der Waals surface area contributed by atoms with E-state index in [0.29, 0.717) is 26.3 Å². The molecule has 2 amide bonds. The number of rotatable bonds is 7. The van der Waals surface area contributed by atoms with Gasteiger partial charge in [-0.1, -0.05) is 30.3 Å². The second kappa shape index (κ2) is 8.90. The van der Waals surface area contributed by atoms with Crippen molar-refractivity contribution in [3.05, 3.63) is 65.5 Å². The Balaban J connectivity index is 1.89. The molecule has 2 rings (SSSR count). The average Bonchev–Trinajstić information content (AvgIpc) is 2.59. The summed E-state index contributed by atoms with van der Waals surface area (Å²) >= 11 is 0. The highest BCUT2D eigenvalue weighted by Crippen LogP contribution is 2.10. The maximum absolute atomic E-state index is 12.2. The zero-order valence-electron chi connectivity index (χ0n) is 13.7. The lowest BCUT2D eigenvalue weighted by Gasteiger charge is -2.18. The van der Waals surface area contributed by atoms with Gasteiger partial charge in [-0.15, -0.1) is 0 Å². The number of pyridine rings is 1. The number of amides is 2. The van der Waals surface area contributed by atoms with Crippen LogP contribution in [0.25, 0.3) is 0 Å². The number of aromatic nitrogens is 1. The molecule has 0 aliphatic rings. The minimum atomic E-state index is -0.123. The fourth-order valence-corrected chi connectivity index (χ4v) is 2.20. The zero-order valence-corrected chi connectivity index (χ0v) is 13.7. The van der Waals surface area contributed by atoms with E-state index in [4.69, 9.17) is 4.74 Å². The molecule has 5 nitrogen and oxygen atoms in total. The number of benzene rings is 1. The Morgan fingerprint density at radius 2 is 1.91 bits per heavy atom. The van der Waals surface area contributed by atoms with Crippen molar-refractivity contribution in [3.63, 3.8) is 0 Å². The molecule has 0 saturated heterocycles. The normalized spacial score (nSPS) is 10.3. The van der Waals surface area contributed by atoms with Crippen LogP contribution in [0.2, 0.25) is 0 Å². The first-order valence-electron chi connectivity index (χ1n) is 7.74. The van der Waals surface area contributed by atoms with E-state index in [1.54, 1.807) is 18.1 Å². The van der Waals surface area contributed by atoms with Crippen molar-refractivity contribution in [2.45, 2.75) is 26.6 Å². The Bertz CT molecular complexity index is 617. The predicted octanol–water partition coefficient (Wildman–Crippen LogP) is 2.96. The summed E-state index contributed by atoms with van der Waals surface area (Å²) in [6, 6.07) is 13.5. The minimum absolute atomic E-state index is 0.123. The van der Waals surface area contributed by atoms with Gasteiger partial charge in [0.15, 0.2) is 0 Å². The van der Waals surface area contributed by atoms with Crippen molar-refractivity contribution < 1.29 is 9.53 Å². The summed E-state index contributed by atoms with van der Waals surface area (Å²) < 4.78 is 5.46. The Kier molecular flexibility index (Phi) is 6.56. The molecule has 2 aromatic rings. The summed E-state index contributed by atoms with van der Waals surface area (Å²) in [5.41, 5.74) is 3.03. The highest BCUT2D eigenvalue weighted by Gasteiger charge is 2.10. The molecule has 0 radical (unpaired) electrons. The van der Waals surface area contributed by atoms with Gasteiger partial charge in [-0.3, -0.25) is 4.98 Å². The standard InChI is InChI=1S/C18H23N3O2/c1-3-23-14-16-9-5-4-8-15(16)12-20-18(22)21(2)13-17-10-6-7-11-19-17/h4-11H,3,12-14H2,1-2H3,(H,20,22). The smallest absolute Gasteiger partial charge is 0.317 e. The van der Waals surface area contributed by atoms with Gasteiger partial charge in [0.05, 0.1) is 18.8 Å². The summed E-state index contributed by atoms with van der Waals surface area (Å²) in [5.74, 6) is 0. The molecule has 122 valence electrons. The van der Waals surface area contributed by atoms with Crippen molar-refractivity contribution in [2.24, 2.45) is 0 Å². The third-order valence-electron chi connectivity index (χ3n) is 3.48. The quantitative estimate of drug-likeness (QED) is 0.855. The second-order valence-corrected chi connectivity index (χ2v) is 5.24. The Morgan fingerprint density at radius 1 is 1.17 bits per heavy atom. The van der Waals surface area contributed by atoms with Gasteiger partial charge in [0.2, 0.25) is 0 Å². The molecule has 0 bridgehead atoms. The lowest BCUT2D eigenvalue weighted by Crippen LogP contribution is -2.36. The molecule has 0 aliphatic carbocycles. The average molecular weight is 313 g/mol. The number of nitrogens with one attached hydrogen (secondary N) is 1. The third-order valence-corrected chi connectivity index (χ3v) is 3.48. The summed E-state index contributed by atoms with van der Waals surface area (Å²) in [7, 11) is 1.76. The van der Waals surface area contributed by atoms with E-state index in [0.717, 1.165) is 16.8 Å². The number of hydrogen-bond donors (Lipinski definition) is 1. The monoisotopic (exact) mass is 313 g/mol. The van der Waals surface area contributed by atoms with Crippen LogP contribution < -0.4 is 5.32 Å². The molecule has 1 aromatic heterocycles. The Hall–Kier alpha value is -2.40. The van der Waals surface area contributed by atoms with E-state index in [1.165, 1.54) is 0 Å². The molecule has 1 heterocycles. The zero-order chi connectivity index (χ0) is 16.5. The highest BCUT2D eigenvalue weighted by atomic mass is 16.5. The molecule has 0 fully saturated rings. The van der Waals surface area contributed by atoms with E-state index >= 15 is 0 Å². The van der Waals surface area contributed by atoms with Gasteiger partial charge in [0.1, 0.15) is 0 Å². The molecule has 0 aliphatic heterocycles. The summed E-state index contributed by atoms with van der Waals surface area (Å²) in [6.45, 7) is 4.17. The fraction of sp³-hybridized carbons (Fsp3) is 0.333. The number of ether oxygens (including phenoxy) is 1. The molecule has 0 unspecified atom stereocenters. The summed E-state index contributed by atoms with van der Waals surface area (Å²) in [6.07, 6.45) is 1.73. The molecule has 5 heteroatoms. The van der Waals surface area contributed by atoms with Gasteiger partial charge >= 0.3 is 6.03 Å². The first-order chi connectivity index (χ1) is 11.2. The van der Waals surface area contributed by atoms with Crippen molar-refractivity contribution in [2.75, 3.05) is 13.7 Å². The first kappa shape index (κ1) is 17.0. The van der Waals surface area contributed by atoms with Gasteiger partial charge in [0.25, 0.3) is 0 Å². The molecule has 1 N–H and O–H groups in total. The van der Waals surface area contributed by atoms with E-state index in [2.05, 4.69) is 10.3 Å². The van der Waals surface area contributed by atoms with Crippen molar-refractivity contribution in [3.8, 4) is 0 Å². The Labute approximate surface area is 137 Å². The fourth-order valence-electron chi connectivity index (χ4n) is 2.20. The molecular weight excluding hydrogens is 290 g/mol. The van der Waals surface area contributed by atoms with Crippen LogP contribution in [-0.4, -0.2) is 29.6 Å². The third kappa shape index (κ3) is 5.38. The van der Waals surface area contributed by atoms with Crippen LogP contribution in [0.1, 0.15) is 23.7 Å². The molecule has 0 saturated carbocycles. The van der Waals surface area contributed by atoms with Gasteiger partial charge in [0, 0.05) is 26.4 Å². The van der Waals surface area contributed by atoms with Crippen LogP contribution in [-0.2, 0) is 24.4 Å². The molecule has 0 atom stereocenters. The maximum Gasteiger partial charge on any atom is 0.317 e. The SMILES string of the molecule is CCOCc1ccccc1CNC(=O)N(C)Cc1ccccn1. The van der Waals surface area contributed by atoms with Crippen LogP contribution >= 0.6 is 0 Å². The first-order valence-corrected chi connectivity index (χ1v) is 7.74. The van der Waals surface area contributed by atoms with Gasteiger partial charge in [-0.25, -0.2) is 4.79 Å². The van der Waals surface area contributed by atoms with Crippen molar-refractivity contribution in [1.82, 2.24) is 15.2 Å². The van der Waals surface area contributed by atoms with Gasteiger partial charge < -0.3 is 15.0 Å². The van der Waals surface area contributed by atoms with Gasteiger partial charge in [-0.05, 0) is 30.2 Å². The molecular formula is C18H23N3O2. The maximum atomic E-state index is 12.2. The lowest BCUT2D eigenvalue weighted by atomic mass is 10.1.